The zero-order valence-electron chi connectivity index (χ0n) is 16.4. The van der Waals surface area contributed by atoms with Crippen LogP contribution in [0.5, 0.6) is 0 Å². The Labute approximate surface area is 170 Å². The molecule has 4 rings (SSSR count). The quantitative estimate of drug-likeness (QED) is 0.802. The van der Waals surface area contributed by atoms with Crippen LogP contribution < -0.4 is 10.6 Å². The number of benzene rings is 2. The first-order chi connectivity index (χ1) is 14.0. The standard InChI is InChI=1S/C24H23FN4/c1-24-13-18(15-27)23(28-21-6-4-20(25)5-7-21)12-19(24)10-11-29(16-24)22-8-2-17(14-26)3-9-22/h2-9,12,15H,10-11,13,16,27H2,1H3. The van der Waals surface area contributed by atoms with E-state index in [0.717, 1.165) is 48.6 Å². The lowest BCUT2D eigenvalue weighted by Gasteiger charge is -2.46. The molecule has 1 aliphatic carbocycles. The fraction of sp³-hybridized carbons (Fsp3) is 0.250. The highest BCUT2D eigenvalue weighted by Gasteiger charge is 2.39. The fourth-order valence-electron chi connectivity index (χ4n) is 4.21. The largest absolute Gasteiger partial charge is 0.404 e. The molecule has 1 saturated heterocycles. The van der Waals surface area contributed by atoms with Crippen LogP contribution in [0.4, 0.5) is 15.8 Å². The number of nitriles is 1. The number of rotatable bonds is 2. The smallest absolute Gasteiger partial charge is 0.123 e. The van der Waals surface area contributed by atoms with Gasteiger partial charge in [0.15, 0.2) is 0 Å². The van der Waals surface area contributed by atoms with E-state index >= 15 is 0 Å². The molecule has 5 heteroatoms. The van der Waals surface area contributed by atoms with Crippen molar-refractivity contribution in [3.05, 3.63) is 83.3 Å². The molecule has 0 spiro atoms. The molecular weight excluding hydrogens is 363 g/mol. The first kappa shape index (κ1) is 18.9. The van der Waals surface area contributed by atoms with Crippen LogP contribution in [-0.2, 0) is 0 Å². The second-order valence-electron chi connectivity index (χ2n) is 7.90. The third-order valence-corrected chi connectivity index (χ3v) is 5.83. The Kier molecular flexibility index (Phi) is 4.94. The van der Waals surface area contributed by atoms with Crippen molar-refractivity contribution >= 4 is 17.1 Å². The topological polar surface area (TPSA) is 65.4 Å². The summed E-state index contributed by atoms with van der Waals surface area (Å²) in [5, 5.41) is 9.02. The van der Waals surface area contributed by atoms with Gasteiger partial charge in [-0.2, -0.15) is 5.26 Å². The van der Waals surface area contributed by atoms with Crippen molar-refractivity contribution in [3.8, 4) is 6.07 Å². The predicted octanol–water partition coefficient (Wildman–Crippen LogP) is 4.86. The summed E-state index contributed by atoms with van der Waals surface area (Å²) in [6, 6.07) is 16.1. The molecular formula is C24H23FN4. The highest BCUT2D eigenvalue weighted by atomic mass is 19.1. The summed E-state index contributed by atoms with van der Waals surface area (Å²) < 4.78 is 13.2. The van der Waals surface area contributed by atoms with Crippen LogP contribution in [0.25, 0.3) is 0 Å². The molecule has 2 aliphatic rings. The van der Waals surface area contributed by atoms with Gasteiger partial charge in [-0.1, -0.05) is 12.5 Å². The molecule has 2 N–H and O–H groups in total. The Morgan fingerprint density at radius 3 is 2.55 bits per heavy atom. The van der Waals surface area contributed by atoms with Gasteiger partial charge in [-0.3, -0.25) is 0 Å². The van der Waals surface area contributed by atoms with Crippen molar-refractivity contribution in [1.82, 2.24) is 0 Å². The molecule has 0 saturated carbocycles. The minimum atomic E-state index is -0.270. The average Bonchev–Trinajstić information content (AvgIpc) is 2.74. The molecule has 2 aromatic rings. The minimum Gasteiger partial charge on any atom is -0.404 e. The van der Waals surface area contributed by atoms with Gasteiger partial charge in [0.05, 0.1) is 23.0 Å². The summed E-state index contributed by atoms with van der Waals surface area (Å²) in [7, 11) is 0. The number of nitrogens with two attached hydrogens (primary N) is 1. The Bertz CT molecular complexity index is 1040. The van der Waals surface area contributed by atoms with E-state index in [1.165, 1.54) is 17.7 Å². The van der Waals surface area contributed by atoms with Gasteiger partial charge in [0.2, 0.25) is 0 Å². The van der Waals surface area contributed by atoms with Crippen LogP contribution in [-0.4, -0.2) is 18.8 Å². The van der Waals surface area contributed by atoms with E-state index in [-0.39, 0.29) is 11.2 Å². The van der Waals surface area contributed by atoms with Gasteiger partial charge in [0.25, 0.3) is 0 Å². The number of halogens is 1. The molecule has 1 heterocycles. The SMILES string of the molecule is CC12CC(=CN)C(=Nc3ccc(F)cc3)C=C1CCN(c1ccc(C#N)cc1)C2. The molecule has 2 aromatic carbocycles. The number of aliphatic imine (C=N–C) groups is 1. The van der Waals surface area contributed by atoms with Gasteiger partial charge in [-0.05, 0) is 79.2 Å². The number of hydrogen-bond donors (Lipinski definition) is 1. The van der Waals surface area contributed by atoms with Crippen molar-refractivity contribution in [3.63, 3.8) is 0 Å². The van der Waals surface area contributed by atoms with E-state index in [4.69, 9.17) is 16.0 Å². The molecule has 0 radical (unpaired) electrons. The number of nitrogens with zero attached hydrogens (tertiary/aromatic N) is 3. The van der Waals surface area contributed by atoms with Crippen LogP contribution in [0.3, 0.4) is 0 Å². The molecule has 146 valence electrons. The molecule has 1 unspecified atom stereocenters. The van der Waals surface area contributed by atoms with Crippen molar-refractivity contribution < 1.29 is 4.39 Å². The highest BCUT2D eigenvalue weighted by Crippen LogP contribution is 2.45. The Morgan fingerprint density at radius 2 is 1.90 bits per heavy atom. The van der Waals surface area contributed by atoms with E-state index < -0.39 is 0 Å². The van der Waals surface area contributed by atoms with Crippen molar-refractivity contribution in [2.24, 2.45) is 16.1 Å². The summed E-state index contributed by atoms with van der Waals surface area (Å²) >= 11 is 0. The van der Waals surface area contributed by atoms with Gasteiger partial charge < -0.3 is 10.6 Å². The zero-order chi connectivity index (χ0) is 20.4. The molecule has 1 atom stereocenters. The lowest BCUT2D eigenvalue weighted by atomic mass is 9.68. The average molecular weight is 386 g/mol. The minimum absolute atomic E-state index is 0.0286. The van der Waals surface area contributed by atoms with Gasteiger partial charge in [-0.25, -0.2) is 9.38 Å². The number of anilines is 1. The summed E-state index contributed by atoms with van der Waals surface area (Å²) in [6.07, 6.45) is 5.54. The highest BCUT2D eigenvalue weighted by molar-refractivity contribution is 6.11. The summed E-state index contributed by atoms with van der Waals surface area (Å²) in [5.74, 6) is -0.270. The lowest BCUT2D eigenvalue weighted by molar-refractivity contribution is 0.350. The van der Waals surface area contributed by atoms with Crippen LogP contribution in [0.1, 0.15) is 25.3 Å². The number of piperidine rings is 1. The third-order valence-electron chi connectivity index (χ3n) is 5.83. The maximum Gasteiger partial charge on any atom is 0.123 e. The maximum atomic E-state index is 13.2. The van der Waals surface area contributed by atoms with Gasteiger partial charge >= 0.3 is 0 Å². The first-order valence-electron chi connectivity index (χ1n) is 9.72. The Morgan fingerprint density at radius 1 is 1.17 bits per heavy atom. The van der Waals surface area contributed by atoms with Crippen LogP contribution in [0.15, 0.2) is 76.9 Å². The van der Waals surface area contributed by atoms with Gasteiger partial charge in [-0.15, -0.1) is 0 Å². The van der Waals surface area contributed by atoms with Crippen LogP contribution in [0, 0.1) is 22.6 Å². The number of fused-ring (bicyclic) bond motifs is 1. The predicted molar refractivity (Wildman–Crippen MR) is 115 cm³/mol. The third kappa shape index (κ3) is 3.79. The fourth-order valence-corrected chi connectivity index (χ4v) is 4.21. The molecule has 0 bridgehead atoms. The van der Waals surface area contributed by atoms with Crippen LogP contribution in [0.2, 0.25) is 0 Å². The van der Waals surface area contributed by atoms with Gasteiger partial charge in [0, 0.05) is 24.2 Å². The molecule has 0 amide bonds. The normalized spacial score (nSPS) is 24.2. The lowest BCUT2D eigenvalue weighted by Crippen LogP contribution is -2.45. The van der Waals surface area contributed by atoms with E-state index in [1.54, 1.807) is 18.3 Å². The Hall–Kier alpha value is -3.39. The van der Waals surface area contributed by atoms with E-state index in [9.17, 15) is 4.39 Å². The number of hydrogen-bond acceptors (Lipinski definition) is 4. The van der Waals surface area contributed by atoms with Crippen molar-refractivity contribution in [1.29, 1.82) is 5.26 Å². The van der Waals surface area contributed by atoms with Gasteiger partial charge in [0.1, 0.15) is 5.82 Å². The molecule has 0 aromatic heterocycles. The second kappa shape index (κ2) is 7.56. The van der Waals surface area contributed by atoms with E-state index in [0.29, 0.717) is 5.56 Å². The Balaban J connectivity index is 1.62. The molecule has 4 nitrogen and oxygen atoms in total. The number of allylic oxidation sites excluding steroid dienone is 2. The van der Waals surface area contributed by atoms with Crippen molar-refractivity contribution in [2.75, 3.05) is 18.0 Å². The van der Waals surface area contributed by atoms with Crippen molar-refractivity contribution in [2.45, 2.75) is 19.8 Å². The zero-order valence-corrected chi connectivity index (χ0v) is 16.4. The maximum absolute atomic E-state index is 13.2. The summed E-state index contributed by atoms with van der Waals surface area (Å²) in [4.78, 5) is 7.08. The van der Waals surface area contributed by atoms with E-state index in [1.807, 2.05) is 24.3 Å². The molecule has 1 fully saturated rings. The molecule has 29 heavy (non-hydrogen) atoms. The summed E-state index contributed by atoms with van der Waals surface area (Å²) in [6.45, 7) is 4.07. The van der Waals surface area contributed by atoms with Crippen LogP contribution >= 0.6 is 0 Å². The first-order valence-corrected chi connectivity index (χ1v) is 9.72. The second-order valence-corrected chi connectivity index (χ2v) is 7.90. The molecule has 1 aliphatic heterocycles. The van der Waals surface area contributed by atoms with E-state index in [2.05, 4.69) is 24.0 Å². The monoisotopic (exact) mass is 386 g/mol. The summed E-state index contributed by atoms with van der Waals surface area (Å²) in [5.41, 5.74) is 11.7.